The Morgan fingerprint density at radius 3 is 2.15 bits per heavy atom. The van der Waals surface area contributed by atoms with Crippen molar-refractivity contribution in [1.82, 2.24) is 0 Å². The second kappa shape index (κ2) is 4.83. The molecule has 0 amide bonds. The van der Waals surface area contributed by atoms with Crippen molar-refractivity contribution < 1.29 is 18.6 Å². The molecule has 0 bridgehead atoms. The highest BCUT2D eigenvalue weighted by atomic mass is 32.2. The van der Waals surface area contributed by atoms with Gasteiger partial charge in [-0.3, -0.25) is 0 Å². The van der Waals surface area contributed by atoms with Gasteiger partial charge in [-0.05, 0) is 61.7 Å². The van der Waals surface area contributed by atoms with E-state index < -0.39 is 9.84 Å². The average Bonchev–Trinajstić information content (AvgIpc) is 2.38. The summed E-state index contributed by atoms with van der Waals surface area (Å²) in [4.78, 5) is 0.0620. The van der Waals surface area contributed by atoms with Crippen molar-refractivity contribution in [2.24, 2.45) is 0 Å². The van der Waals surface area contributed by atoms with Crippen LogP contribution in [-0.2, 0) is 9.84 Å². The largest absolute Gasteiger partial charge is 0.508 e. The molecule has 0 unspecified atom stereocenters. The van der Waals surface area contributed by atoms with E-state index in [9.17, 15) is 18.6 Å². The third kappa shape index (κ3) is 2.36. The number of aromatic hydroxyl groups is 2. The minimum Gasteiger partial charge on any atom is -0.508 e. The maximum absolute atomic E-state index is 12.6. The third-order valence-corrected chi connectivity index (χ3v) is 5.26. The topological polar surface area (TPSA) is 74.6 Å². The van der Waals surface area contributed by atoms with Gasteiger partial charge in [-0.2, -0.15) is 0 Å². The van der Waals surface area contributed by atoms with Gasteiger partial charge >= 0.3 is 0 Å². The molecule has 20 heavy (non-hydrogen) atoms. The highest BCUT2D eigenvalue weighted by molar-refractivity contribution is 7.91. The average molecular weight is 292 g/mol. The highest BCUT2D eigenvalue weighted by Crippen LogP contribution is 2.31. The zero-order chi connectivity index (χ0) is 15.1. The number of benzene rings is 2. The van der Waals surface area contributed by atoms with Crippen molar-refractivity contribution in [3.63, 3.8) is 0 Å². The standard InChI is InChI=1S/C15H16O4S/c1-9-4-5-12(16)7-15(9)20(18,19)13-6-10(2)11(3)14(17)8-13/h4-8,16-17H,1-3H3. The van der Waals surface area contributed by atoms with Crippen molar-refractivity contribution in [1.29, 1.82) is 0 Å². The molecule has 0 aromatic heterocycles. The minimum absolute atomic E-state index is 0.0202. The van der Waals surface area contributed by atoms with Crippen LogP contribution in [0.2, 0.25) is 0 Å². The molecule has 5 heteroatoms. The first-order valence-electron chi connectivity index (χ1n) is 6.08. The van der Waals surface area contributed by atoms with Crippen molar-refractivity contribution in [2.45, 2.75) is 30.6 Å². The summed E-state index contributed by atoms with van der Waals surface area (Å²) in [6.07, 6.45) is 0. The molecule has 0 fully saturated rings. The monoisotopic (exact) mass is 292 g/mol. The molecule has 0 atom stereocenters. The van der Waals surface area contributed by atoms with Crippen molar-refractivity contribution in [3.05, 3.63) is 47.0 Å². The van der Waals surface area contributed by atoms with Gasteiger partial charge < -0.3 is 10.2 Å². The van der Waals surface area contributed by atoms with Gasteiger partial charge in [0.25, 0.3) is 0 Å². The molecule has 4 nitrogen and oxygen atoms in total. The molecule has 0 spiro atoms. The molecule has 0 aliphatic rings. The van der Waals surface area contributed by atoms with Crippen molar-refractivity contribution in [3.8, 4) is 11.5 Å². The summed E-state index contributed by atoms with van der Waals surface area (Å²) in [7, 11) is -3.77. The SMILES string of the molecule is Cc1ccc(O)cc1S(=O)(=O)c1cc(C)c(C)c(O)c1. The van der Waals surface area contributed by atoms with E-state index in [1.54, 1.807) is 26.8 Å². The van der Waals surface area contributed by atoms with Crippen LogP contribution in [0.5, 0.6) is 11.5 Å². The Hall–Kier alpha value is -2.01. The lowest BCUT2D eigenvalue weighted by molar-refractivity contribution is 0.468. The second-order valence-corrected chi connectivity index (χ2v) is 6.76. The highest BCUT2D eigenvalue weighted by Gasteiger charge is 2.22. The molecule has 0 radical (unpaired) electrons. The summed E-state index contributed by atoms with van der Waals surface area (Å²) in [6.45, 7) is 5.12. The Labute approximate surface area is 118 Å². The first-order chi connectivity index (χ1) is 9.23. The predicted octanol–water partition coefficient (Wildman–Crippen LogP) is 2.86. The summed E-state index contributed by atoms with van der Waals surface area (Å²) in [5.41, 5.74) is 1.89. The summed E-state index contributed by atoms with van der Waals surface area (Å²) < 4.78 is 25.2. The lowest BCUT2D eigenvalue weighted by Gasteiger charge is -2.11. The number of rotatable bonds is 2. The van der Waals surface area contributed by atoms with E-state index in [4.69, 9.17) is 0 Å². The van der Waals surface area contributed by atoms with Gasteiger partial charge in [0.2, 0.25) is 9.84 Å². The predicted molar refractivity (Wildman–Crippen MR) is 75.9 cm³/mol. The van der Waals surface area contributed by atoms with E-state index in [1.807, 2.05) is 0 Å². The first-order valence-corrected chi connectivity index (χ1v) is 7.56. The normalized spacial score (nSPS) is 11.6. The molecule has 2 aromatic rings. The van der Waals surface area contributed by atoms with E-state index in [0.29, 0.717) is 16.7 Å². The van der Waals surface area contributed by atoms with Gasteiger partial charge in [-0.25, -0.2) is 8.42 Å². The van der Waals surface area contributed by atoms with Crippen LogP contribution in [0, 0.1) is 20.8 Å². The number of sulfone groups is 1. The van der Waals surface area contributed by atoms with Crippen LogP contribution < -0.4 is 0 Å². The van der Waals surface area contributed by atoms with Gasteiger partial charge in [0, 0.05) is 0 Å². The van der Waals surface area contributed by atoms with Gasteiger partial charge in [-0.1, -0.05) is 6.07 Å². The zero-order valence-electron chi connectivity index (χ0n) is 11.5. The van der Waals surface area contributed by atoms with E-state index in [-0.39, 0.29) is 21.3 Å². The smallest absolute Gasteiger partial charge is 0.207 e. The van der Waals surface area contributed by atoms with E-state index in [1.165, 1.54) is 24.3 Å². The lowest BCUT2D eigenvalue weighted by Crippen LogP contribution is -2.05. The number of phenols is 2. The molecule has 0 aliphatic carbocycles. The summed E-state index contributed by atoms with van der Waals surface area (Å²) in [5.74, 6) is -0.163. The maximum atomic E-state index is 12.6. The Morgan fingerprint density at radius 2 is 1.55 bits per heavy atom. The fourth-order valence-corrected chi connectivity index (χ4v) is 3.59. The Bertz CT molecular complexity index is 753. The van der Waals surface area contributed by atoms with Crippen LogP contribution in [0.3, 0.4) is 0 Å². The van der Waals surface area contributed by atoms with Crippen LogP contribution in [0.15, 0.2) is 40.1 Å². The van der Waals surface area contributed by atoms with Crippen molar-refractivity contribution in [2.75, 3.05) is 0 Å². The molecular weight excluding hydrogens is 276 g/mol. The zero-order valence-corrected chi connectivity index (χ0v) is 12.3. The molecule has 2 N–H and O–H groups in total. The molecule has 0 saturated carbocycles. The number of aryl methyl sites for hydroxylation is 2. The molecule has 0 heterocycles. The second-order valence-electron chi connectivity index (χ2n) is 4.84. The fraction of sp³-hybridized carbons (Fsp3) is 0.200. The molecule has 2 aromatic carbocycles. The third-order valence-electron chi connectivity index (χ3n) is 3.39. The van der Waals surface area contributed by atoms with Crippen LogP contribution >= 0.6 is 0 Å². The molecule has 2 rings (SSSR count). The van der Waals surface area contributed by atoms with Crippen molar-refractivity contribution >= 4 is 9.84 Å². The van der Waals surface area contributed by atoms with E-state index in [2.05, 4.69) is 0 Å². The number of hydrogen-bond acceptors (Lipinski definition) is 4. The number of phenolic OH excluding ortho intramolecular Hbond substituents is 2. The Kier molecular flexibility index (Phi) is 3.48. The first kappa shape index (κ1) is 14.4. The summed E-state index contributed by atoms with van der Waals surface area (Å²) in [5, 5.41) is 19.3. The Morgan fingerprint density at radius 1 is 0.900 bits per heavy atom. The van der Waals surface area contributed by atoms with Crippen LogP contribution in [-0.4, -0.2) is 18.6 Å². The fourth-order valence-electron chi connectivity index (χ4n) is 1.97. The van der Waals surface area contributed by atoms with Gasteiger partial charge in [0.05, 0.1) is 9.79 Å². The van der Waals surface area contributed by atoms with Gasteiger partial charge in [0.15, 0.2) is 0 Å². The van der Waals surface area contributed by atoms with Crippen LogP contribution in [0.1, 0.15) is 16.7 Å². The molecule has 0 saturated heterocycles. The summed E-state index contributed by atoms with van der Waals surface area (Å²) in [6, 6.07) is 6.96. The van der Waals surface area contributed by atoms with E-state index in [0.717, 1.165) is 0 Å². The Balaban J connectivity index is 2.70. The molecule has 0 aliphatic heterocycles. The van der Waals surface area contributed by atoms with Crippen LogP contribution in [0.25, 0.3) is 0 Å². The maximum Gasteiger partial charge on any atom is 0.207 e. The molecular formula is C15H16O4S. The summed E-state index contributed by atoms with van der Waals surface area (Å²) >= 11 is 0. The molecule has 106 valence electrons. The lowest BCUT2D eigenvalue weighted by atomic mass is 10.1. The van der Waals surface area contributed by atoms with Gasteiger partial charge in [-0.15, -0.1) is 0 Å². The minimum atomic E-state index is -3.77. The van der Waals surface area contributed by atoms with Crippen LogP contribution in [0.4, 0.5) is 0 Å². The number of hydrogen-bond donors (Lipinski definition) is 2. The van der Waals surface area contributed by atoms with E-state index >= 15 is 0 Å². The van der Waals surface area contributed by atoms with Gasteiger partial charge in [0.1, 0.15) is 11.5 Å². The quantitative estimate of drug-likeness (QED) is 0.892.